The Kier molecular flexibility index (Phi) is 6.29. The van der Waals surface area contributed by atoms with Gasteiger partial charge in [0.25, 0.3) is 11.8 Å². The Balaban J connectivity index is 1.42. The van der Waals surface area contributed by atoms with Gasteiger partial charge >= 0.3 is 0 Å². The van der Waals surface area contributed by atoms with Gasteiger partial charge in [-0.1, -0.05) is 24.2 Å². The van der Waals surface area contributed by atoms with Gasteiger partial charge in [-0.15, -0.1) is 0 Å². The molecule has 170 valence electrons. The lowest BCUT2D eigenvalue weighted by molar-refractivity contribution is 0.0949. The van der Waals surface area contributed by atoms with Crippen LogP contribution in [-0.4, -0.2) is 45.5 Å². The number of aromatic nitrogens is 5. The second kappa shape index (κ2) is 9.30. The molecule has 0 fully saturated rings. The van der Waals surface area contributed by atoms with Crippen LogP contribution in [0.25, 0.3) is 17.3 Å². The number of aryl methyl sites for hydroxylation is 1. The van der Waals surface area contributed by atoms with Crippen molar-refractivity contribution >= 4 is 15.9 Å². The van der Waals surface area contributed by atoms with Crippen molar-refractivity contribution in [2.24, 2.45) is 5.14 Å². The minimum absolute atomic E-state index is 0.0427. The van der Waals surface area contributed by atoms with Gasteiger partial charge < -0.3 is 9.84 Å². The van der Waals surface area contributed by atoms with E-state index in [0.717, 1.165) is 5.56 Å². The van der Waals surface area contributed by atoms with Crippen molar-refractivity contribution in [2.45, 2.75) is 24.7 Å². The van der Waals surface area contributed by atoms with Crippen LogP contribution in [0, 0.1) is 0 Å². The van der Waals surface area contributed by atoms with E-state index >= 15 is 0 Å². The SMILES string of the molecule is CCc1noc(-c2cccnc2-n2cnc(C(=O)NCCc3ccc(S(N)(=O)=O)cc3)c2)n1. The van der Waals surface area contributed by atoms with Crippen LogP contribution in [0.3, 0.4) is 0 Å². The fourth-order valence-corrected chi connectivity index (χ4v) is 3.60. The molecule has 0 aliphatic carbocycles. The van der Waals surface area contributed by atoms with E-state index < -0.39 is 10.0 Å². The number of imidazole rings is 1. The Labute approximate surface area is 189 Å². The molecular formula is C21H21N7O4S. The van der Waals surface area contributed by atoms with Gasteiger partial charge in [-0.05, 0) is 36.2 Å². The number of nitrogens with two attached hydrogens (primary N) is 1. The van der Waals surface area contributed by atoms with Crippen LogP contribution in [0.1, 0.15) is 28.8 Å². The molecule has 0 saturated heterocycles. The van der Waals surface area contributed by atoms with E-state index in [1.807, 2.05) is 6.92 Å². The molecule has 0 atom stereocenters. The zero-order valence-electron chi connectivity index (χ0n) is 17.7. The molecule has 0 saturated carbocycles. The van der Waals surface area contributed by atoms with Gasteiger partial charge in [0.1, 0.15) is 12.0 Å². The second-order valence-electron chi connectivity index (χ2n) is 7.10. The van der Waals surface area contributed by atoms with E-state index in [4.69, 9.17) is 9.66 Å². The van der Waals surface area contributed by atoms with Crippen molar-refractivity contribution in [3.05, 3.63) is 72.2 Å². The van der Waals surface area contributed by atoms with Crippen molar-refractivity contribution in [2.75, 3.05) is 6.54 Å². The highest BCUT2D eigenvalue weighted by molar-refractivity contribution is 7.89. The van der Waals surface area contributed by atoms with Crippen molar-refractivity contribution in [3.63, 3.8) is 0 Å². The highest BCUT2D eigenvalue weighted by Gasteiger charge is 2.17. The zero-order valence-corrected chi connectivity index (χ0v) is 18.5. The molecule has 3 N–H and O–H groups in total. The highest BCUT2D eigenvalue weighted by Crippen LogP contribution is 2.23. The standard InChI is InChI=1S/C21H21N7O4S/c1-2-18-26-21(32-27-18)16-4-3-10-23-19(16)28-12-17(25-13-28)20(29)24-11-9-14-5-7-15(8-6-14)33(22,30)31/h3-8,10,12-13H,2,9,11H2,1H3,(H,24,29)(H2,22,30,31). The largest absolute Gasteiger partial charge is 0.350 e. The quantitative estimate of drug-likeness (QED) is 0.394. The minimum atomic E-state index is -3.73. The zero-order chi connectivity index (χ0) is 23.4. The van der Waals surface area contributed by atoms with E-state index in [1.165, 1.54) is 18.5 Å². The number of rotatable bonds is 8. The highest BCUT2D eigenvalue weighted by atomic mass is 32.2. The molecule has 3 heterocycles. The predicted molar refractivity (Wildman–Crippen MR) is 118 cm³/mol. The monoisotopic (exact) mass is 467 g/mol. The number of amides is 1. The summed E-state index contributed by atoms with van der Waals surface area (Å²) in [4.78, 5) is 25.5. The molecule has 4 rings (SSSR count). The van der Waals surface area contributed by atoms with Crippen LogP contribution in [0.2, 0.25) is 0 Å². The van der Waals surface area contributed by atoms with E-state index in [1.54, 1.807) is 41.2 Å². The number of hydrogen-bond acceptors (Lipinski definition) is 8. The molecule has 0 radical (unpaired) electrons. The molecule has 0 bridgehead atoms. The number of benzene rings is 1. The first-order chi connectivity index (χ1) is 15.8. The number of hydrogen-bond donors (Lipinski definition) is 2. The maximum atomic E-state index is 12.5. The molecule has 11 nitrogen and oxygen atoms in total. The number of pyridine rings is 1. The lowest BCUT2D eigenvalue weighted by Gasteiger charge is -2.05. The molecule has 12 heteroatoms. The minimum Gasteiger partial charge on any atom is -0.350 e. The maximum Gasteiger partial charge on any atom is 0.271 e. The molecule has 3 aromatic heterocycles. The van der Waals surface area contributed by atoms with Gasteiger partial charge in [-0.25, -0.2) is 23.5 Å². The summed E-state index contributed by atoms with van der Waals surface area (Å²) in [6.07, 6.45) is 5.84. The number of carbonyl (C=O) groups excluding carboxylic acids is 1. The molecule has 33 heavy (non-hydrogen) atoms. The summed E-state index contributed by atoms with van der Waals surface area (Å²) in [5.41, 5.74) is 1.70. The van der Waals surface area contributed by atoms with Crippen LogP contribution in [0.5, 0.6) is 0 Å². The molecule has 0 aliphatic rings. The Morgan fingerprint density at radius 3 is 2.67 bits per heavy atom. The molecular weight excluding hydrogens is 446 g/mol. The number of sulfonamides is 1. The molecule has 1 aromatic carbocycles. The van der Waals surface area contributed by atoms with E-state index in [9.17, 15) is 13.2 Å². The summed E-state index contributed by atoms with van der Waals surface area (Å²) in [6, 6.07) is 9.75. The lowest BCUT2D eigenvalue weighted by atomic mass is 10.1. The molecule has 4 aromatic rings. The number of primary sulfonamides is 1. The summed E-state index contributed by atoms with van der Waals surface area (Å²) < 4.78 is 29.6. The van der Waals surface area contributed by atoms with E-state index in [2.05, 4.69) is 25.4 Å². The van der Waals surface area contributed by atoms with Crippen molar-refractivity contribution < 1.29 is 17.7 Å². The Hall–Kier alpha value is -3.90. The van der Waals surface area contributed by atoms with Crippen LogP contribution in [-0.2, 0) is 22.9 Å². The topological polar surface area (TPSA) is 159 Å². The average Bonchev–Trinajstić information content (AvgIpc) is 3.49. The molecule has 0 spiro atoms. The maximum absolute atomic E-state index is 12.5. The summed E-state index contributed by atoms with van der Waals surface area (Å²) >= 11 is 0. The molecule has 1 amide bonds. The summed E-state index contributed by atoms with van der Waals surface area (Å²) in [5, 5.41) is 11.8. The Bertz CT molecular complexity index is 1380. The van der Waals surface area contributed by atoms with Crippen molar-refractivity contribution in [1.82, 2.24) is 30.0 Å². The van der Waals surface area contributed by atoms with E-state index in [0.29, 0.717) is 42.5 Å². The molecule has 0 aliphatic heterocycles. The van der Waals surface area contributed by atoms with Crippen LogP contribution in [0.15, 0.2) is 64.5 Å². The summed E-state index contributed by atoms with van der Waals surface area (Å²) in [5.74, 6) is 1.08. The summed E-state index contributed by atoms with van der Waals surface area (Å²) in [6.45, 7) is 2.27. The van der Waals surface area contributed by atoms with Gasteiger partial charge in [0.2, 0.25) is 10.0 Å². The summed E-state index contributed by atoms with van der Waals surface area (Å²) in [7, 11) is -3.73. The van der Waals surface area contributed by atoms with Gasteiger partial charge in [0.15, 0.2) is 11.6 Å². The third kappa shape index (κ3) is 5.13. The van der Waals surface area contributed by atoms with Crippen LogP contribution >= 0.6 is 0 Å². The lowest BCUT2D eigenvalue weighted by Crippen LogP contribution is -2.26. The average molecular weight is 468 g/mol. The fraction of sp³-hybridized carbons (Fsp3) is 0.190. The smallest absolute Gasteiger partial charge is 0.271 e. The second-order valence-corrected chi connectivity index (χ2v) is 8.67. The third-order valence-electron chi connectivity index (χ3n) is 4.81. The van der Waals surface area contributed by atoms with Gasteiger partial charge in [-0.2, -0.15) is 4.98 Å². The number of nitrogens with one attached hydrogen (secondary N) is 1. The first kappa shape index (κ1) is 22.3. The van der Waals surface area contributed by atoms with Crippen molar-refractivity contribution in [1.29, 1.82) is 0 Å². The van der Waals surface area contributed by atoms with Crippen LogP contribution in [0.4, 0.5) is 0 Å². The Morgan fingerprint density at radius 1 is 1.18 bits per heavy atom. The molecule has 0 unspecified atom stereocenters. The predicted octanol–water partition coefficient (Wildman–Crippen LogP) is 1.50. The van der Waals surface area contributed by atoms with E-state index in [-0.39, 0.29) is 16.5 Å². The third-order valence-corrected chi connectivity index (χ3v) is 5.74. The van der Waals surface area contributed by atoms with Gasteiger partial charge in [-0.3, -0.25) is 9.36 Å². The fourth-order valence-electron chi connectivity index (χ4n) is 3.09. The normalized spacial score (nSPS) is 11.5. The van der Waals surface area contributed by atoms with Gasteiger partial charge in [0.05, 0.1) is 10.5 Å². The first-order valence-electron chi connectivity index (χ1n) is 10.1. The van der Waals surface area contributed by atoms with Crippen molar-refractivity contribution in [3.8, 4) is 17.3 Å². The Morgan fingerprint density at radius 2 is 1.97 bits per heavy atom. The van der Waals surface area contributed by atoms with Gasteiger partial charge in [0, 0.05) is 25.4 Å². The first-order valence-corrected chi connectivity index (χ1v) is 11.6. The number of carbonyl (C=O) groups is 1. The van der Waals surface area contributed by atoms with Crippen LogP contribution < -0.4 is 10.5 Å². The number of nitrogens with zero attached hydrogens (tertiary/aromatic N) is 5.